The normalized spacial score (nSPS) is 13.8. The van der Waals surface area contributed by atoms with Crippen LogP contribution in [0.4, 0.5) is 0 Å². The predicted molar refractivity (Wildman–Crippen MR) is 99.5 cm³/mol. The number of hydrogen-bond acceptors (Lipinski definition) is 2. The Kier molecular flexibility index (Phi) is 3.92. The molecule has 3 aromatic rings. The molecule has 2 aromatic carbocycles. The molecule has 1 aliphatic rings. The zero-order valence-electron chi connectivity index (χ0n) is 14.2. The van der Waals surface area contributed by atoms with Crippen molar-refractivity contribution in [1.82, 2.24) is 9.88 Å². The van der Waals surface area contributed by atoms with Gasteiger partial charge in [-0.2, -0.15) is 0 Å². The van der Waals surface area contributed by atoms with E-state index in [0.29, 0.717) is 23.7 Å². The maximum atomic E-state index is 13.0. The quantitative estimate of drug-likeness (QED) is 0.744. The minimum absolute atomic E-state index is 0.00616. The summed E-state index contributed by atoms with van der Waals surface area (Å²) in [5.74, 6) is 0.812. The Morgan fingerprint density at radius 3 is 2.84 bits per heavy atom. The van der Waals surface area contributed by atoms with Crippen LogP contribution in [-0.2, 0) is 13.0 Å². The molecule has 0 atom stereocenters. The second-order valence-corrected chi connectivity index (χ2v) is 6.82. The van der Waals surface area contributed by atoms with E-state index in [1.54, 1.807) is 19.2 Å². The Balaban J connectivity index is 1.79. The van der Waals surface area contributed by atoms with Crippen molar-refractivity contribution in [3.63, 3.8) is 0 Å². The van der Waals surface area contributed by atoms with Crippen LogP contribution in [0.5, 0.6) is 5.75 Å². The highest BCUT2D eigenvalue weighted by molar-refractivity contribution is 6.30. The minimum atomic E-state index is -0.00616. The first-order valence-electron chi connectivity index (χ1n) is 8.30. The van der Waals surface area contributed by atoms with Crippen molar-refractivity contribution in [2.24, 2.45) is 0 Å². The van der Waals surface area contributed by atoms with Crippen LogP contribution < -0.4 is 4.74 Å². The second kappa shape index (κ2) is 6.12. The Hall–Kier alpha value is -2.46. The first kappa shape index (κ1) is 16.0. The Labute approximate surface area is 151 Å². The summed E-state index contributed by atoms with van der Waals surface area (Å²) in [5, 5.41) is 1.76. The van der Waals surface area contributed by atoms with Crippen LogP contribution in [0.2, 0.25) is 5.02 Å². The summed E-state index contributed by atoms with van der Waals surface area (Å²) in [6.45, 7) is 3.27. The summed E-state index contributed by atoms with van der Waals surface area (Å²) in [6, 6.07) is 11.1. The van der Waals surface area contributed by atoms with Gasteiger partial charge in [0.1, 0.15) is 5.75 Å². The fraction of sp³-hybridized carbons (Fsp3) is 0.250. The van der Waals surface area contributed by atoms with Crippen molar-refractivity contribution in [3.05, 3.63) is 63.8 Å². The first-order chi connectivity index (χ1) is 12.1. The van der Waals surface area contributed by atoms with E-state index in [4.69, 9.17) is 16.3 Å². The predicted octanol–water partition coefficient (Wildman–Crippen LogP) is 4.34. The summed E-state index contributed by atoms with van der Waals surface area (Å²) >= 11 is 6.05. The highest BCUT2D eigenvalue weighted by Crippen LogP contribution is 2.35. The number of methoxy groups -OCH3 is 1. The van der Waals surface area contributed by atoms with Gasteiger partial charge in [-0.1, -0.05) is 17.7 Å². The molecule has 0 saturated carbocycles. The zero-order chi connectivity index (χ0) is 17.6. The fourth-order valence-corrected chi connectivity index (χ4v) is 3.89. The van der Waals surface area contributed by atoms with Gasteiger partial charge in [-0.15, -0.1) is 0 Å². The van der Waals surface area contributed by atoms with Crippen LogP contribution in [0.25, 0.3) is 10.9 Å². The molecule has 0 aliphatic carbocycles. The van der Waals surface area contributed by atoms with E-state index in [1.807, 2.05) is 29.2 Å². The van der Waals surface area contributed by atoms with Gasteiger partial charge in [0.25, 0.3) is 5.91 Å². The van der Waals surface area contributed by atoms with Crippen molar-refractivity contribution in [1.29, 1.82) is 0 Å². The Bertz CT molecular complexity index is 977. The molecule has 2 heterocycles. The van der Waals surface area contributed by atoms with Crippen molar-refractivity contribution < 1.29 is 9.53 Å². The van der Waals surface area contributed by atoms with Gasteiger partial charge in [-0.25, -0.2) is 0 Å². The number of carbonyl (C=O) groups excluding carboxylic acids is 1. The average Bonchev–Trinajstić information content (AvgIpc) is 2.80. The van der Waals surface area contributed by atoms with Gasteiger partial charge < -0.3 is 14.6 Å². The summed E-state index contributed by atoms with van der Waals surface area (Å²) < 4.78 is 5.58. The molecule has 0 unspecified atom stereocenters. The molecular formula is C20H19ClN2O2. The monoisotopic (exact) mass is 354 g/mol. The van der Waals surface area contributed by atoms with Gasteiger partial charge in [0, 0.05) is 39.3 Å². The molecule has 25 heavy (non-hydrogen) atoms. The number of aromatic amines is 1. The van der Waals surface area contributed by atoms with Gasteiger partial charge in [-0.3, -0.25) is 4.79 Å². The SMILES string of the molecule is COc1ccc2[nH]c(C)c3c2c1CN(C(=O)c1cccc(Cl)c1)CC3. The lowest BCUT2D eigenvalue weighted by atomic mass is 10.0. The summed E-state index contributed by atoms with van der Waals surface area (Å²) in [4.78, 5) is 18.3. The number of benzene rings is 2. The van der Waals surface area contributed by atoms with E-state index >= 15 is 0 Å². The van der Waals surface area contributed by atoms with Gasteiger partial charge >= 0.3 is 0 Å². The molecule has 4 nitrogen and oxygen atoms in total. The van der Waals surface area contributed by atoms with E-state index < -0.39 is 0 Å². The third-order valence-electron chi connectivity index (χ3n) is 4.91. The third kappa shape index (κ3) is 2.67. The number of carbonyl (C=O) groups is 1. The molecule has 128 valence electrons. The lowest BCUT2D eigenvalue weighted by Gasteiger charge is -2.22. The largest absolute Gasteiger partial charge is 0.496 e. The number of H-pyrrole nitrogens is 1. The van der Waals surface area contributed by atoms with Crippen LogP contribution in [0.3, 0.4) is 0 Å². The molecule has 0 saturated heterocycles. The molecular weight excluding hydrogens is 336 g/mol. The smallest absolute Gasteiger partial charge is 0.254 e. The number of halogens is 1. The molecule has 0 spiro atoms. The van der Waals surface area contributed by atoms with Crippen LogP contribution >= 0.6 is 11.6 Å². The van der Waals surface area contributed by atoms with E-state index in [-0.39, 0.29) is 5.91 Å². The van der Waals surface area contributed by atoms with Gasteiger partial charge in [-0.05, 0) is 49.2 Å². The lowest BCUT2D eigenvalue weighted by molar-refractivity contribution is 0.0747. The van der Waals surface area contributed by atoms with Crippen molar-refractivity contribution in [2.45, 2.75) is 19.9 Å². The molecule has 1 N–H and O–H groups in total. The molecule has 1 aliphatic heterocycles. The minimum Gasteiger partial charge on any atom is -0.496 e. The van der Waals surface area contributed by atoms with E-state index in [1.165, 1.54) is 10.9 Å². The topological polar surface area (TPSA) is 45.3 Å². The summed E-state index contributed by atoms with van der Waals surface area (Å²) in [6.07, 6.45) is 0.818. The third-order valence-corrected chi connectivity index (χ3v) is 5.14. The van der Waals surface area contributed by atoms with Crippen LogP contribution in [-0.4, -0.2) is 29.4 Å². The van der Waals surface area contributed by atoms with Crippen molar-refractivity contribution in [3.8, 4) is 5.75 Å². The molecule has 0 radical (unpaired) electrons. The van der Waals surface area contributed by atoms with E-state index in [9.17, 15) is 4.79 Å². The number of nitrogens with zero attached hydrogens (tertiary/aromatic N) is 1. The molecule has 5 heteroatoms. The van der Waals surface area contributed by atoms with Crippen LogP contribution in [0.15, 0.2) is 36.4 Å². The molecule has 0 bridgehead atoms. The van der Waals surface area contributed by atoms with Crippen LogP contribution in [0, 0.1) is 6.92 Å². The maximum absolute atomic E-state index is 13.0. The maximum Gasteiger partial charge on any atom is 0.254 e. The Morgan fingerprint density at radius 2 is 2.08 bits per heavy atom. The average molecular weight is 355 g/mol. The lowest BCUT2D eigenvalue weighted by Crippen LogP contribution is -2.31. The number of aryl methyl sites for hydroxylation is 1. The second-order valence-electron chi connectivity index (χ2n) is 6.38. The molecule has 4 rings (SSSR count). The summed E-state index contributed by atoms with van der Waals surface area (Å²) in [5.41, 5.74) is 5.20. The highest BCUT2D eigenvalue weighted by atomic mass is 35.5. The molecule has 1 amide bonds. The number of nitrogens with one attached hydrogen (secondary N) is 1. The number of ether oxygens (including phenoxy) is 1. The molecule has 0 fully saturated rings. The number of amides is 1. The van der Waals surface area contributed by atoms with Crippen molar-refractivity contribution in [2.75, 3.05) is 13.7 Å². The van der Waals surface area contributed by atoms with Crippen molar-refractivity contribution >= 4 is 28.4 Å². The number of rotatable bonds is 2. The first-order valence-corrected chi connectivity index (χ1v) is 8.68. The van der Waals surface area contributed by atoms with Gasteiger partial charge in [0.2, 0.25) is 0 Å². The number of aromatic nitrogens is 1. The summed E-state index contributed by atoms with van der Waals surface area (Å²) in [7, 11) is 1.67. The van der Waals surface area contributed by atoms with E-state index in [2.05, 4.69) is 11.9 Å². The molecule has 1 aromatic heterocycles. The van der Waals surface area contributed by atoms with Gasteiger partial charge in [0.15, 0.2) is 0 Å². The van der Waals surface area contributed by atoms with Gasteiger partial charge in [0.05, 0.1) is 13.7 Å². The Morgan fingerprint density at radius 1 is 1.24 bits per heavy atom. The highest BCUT2D eigenvalue weighted by Gasteiger charge is 2.25. The number of hydrogen-bond donors (Lipinski definition) is 1. The fourth-order valence-electron chi connectivity index (χ4n) is 3.70. The van der Waals surface area contributed by atoms with Crippen LogP contribution in [0.1, 0.15) is 27.2 Å². The standard InChI is InChI=1S/C20H19ClN2O2/c1-12-15-8-9-23(20(24)13-4-3-5-14(21)10-13)11-16-18(25-2)7-6-17(22-12)19(15)16/h3-7,10,22H,8-9,11H2,1-2H3. The zero-order valence-corrected chi connectivity index (χ0v) is 15.0. The van der Waals surface area contributed by atoms with E-state index in [0.717, 1.165) is 28.9 Å².